The van der Waals surface area contributed by atoms with E-state index in [1.807, 2.05) is 6.92 Å². The van der Waals surface area contributed by atoms with Crippen LogP contribution in [0.2, 0.25) is 0 Å². The third-order valence-electron chi connectivity index (χ3n) is 2.39. The maximum Gasteiger partial charge on any atom is 0.242 e. The number of nitrogen functional groups attached to an aromatic ring is 1. The smallest absolute Gasteiger partial charge is 0.242 e. The fourth-order valence-corrected chi connectivity index (χ4v) is 2.74. The van der Waals surface area contributed by atoms with Gasteiger partial charge in [0.05, 0.1) is 11.5 Å². The van der Waals surface area contributed by atoms with E-state index in [9.17, 15) is 8.42 Å². The summed E-state index contributed by atoms with van der Waals surface area (Å²) in [5.41, 5.74) is 6.92. The van der Waals surface area contributed by atoms with Crippen molar-refractivity contribution in [3.8, 4) is 0 Å². The SMILES string of the molecule is COCCN(C)S(=O)(=O)c1cc(C)cc(N)c1. The number of ether oxygens (including phenoxy) is 1. The van der Waals surface area contributed by atoms with Gasteiger partial charge in [0, 0.05) is 26.4 Å². The van der Waals surface area contributed by atoms with E-state index in [0.717, 1.165) is 5.56 Å². The van der Waals surface area contributed by atoms with Gasteiger partial charge in [0.15, 0.2) is 0 Å². The lowest BCUT2D eigenvalue weighted by Gasteiger charge is -2.17. The molecule has 0 atom stereocenters. The molecule has 96 valence electrons. The fraction of sp³-hybridized carbons (Fsp3) is 0.455. The Hall–Kier alpha value is -1.11. The second-order valence-electron chi connectivity index (χ2n) is 3.90. The van der Waals surface area contributed by atoms with Crippen LogP contribution in [0.5, 0.6) is 0 Å². The van der Waals surface area contributed by atoms with Gasteiger partial charge in [0.2, 0.25) is 10.0 Å². The molecule has 0 fully saturated rings. The van der Waals surface area contributed by atoms with Gasteiger partial charge in [-0.2, -0.15) is 4.31 Å². The van der Waals surface area contributed by atoms with E-state index in [4.69, 9.17) is 10.5 Å². The molecule has 0 spiro atoms. The van der Waals surface area contributed by atoms with Crippen molar-refractivity contribution < 1.29 is 13.2 Å². The molecular weight excluding hydrogens is 240 g/mol. The maximum atomic E-state index is 12.2. The van der Waals surface area contributed by atoms with Crippen LogP contribution in [0.3, 0.4) is 0 Å². The lowest BCUT2D eigenvalue weighted by molar-refractivity contribution is 0.185. The summed E-state index contributed by atoms with van der Waals surface area (Å²) in [4.78, 5) is 0.216. The van der Waals surface area contributed by atoms with Gasteiger partial charge in [0.1, 0.15) is 0 Å². The normalized spacial score (nSPS) is 12.0. The van der Waals surface area contributed by atoms with Gasteiger partial charge in [-0.3, -0.25) is 0 Å². The quantitative estimate of drug-likeness (QED) is 0.794. The van der Waals surface area contributed by atoms with E-state index >= 15 is 0 Å². The molecular formula is C11H18N2O3S. The molecule has 0 amide bonds. The van der Waals surface area contributed by atoms with Crippen LogP contribution in [-0.2, 0) is 14.8 Å². The first-order chi connectivity index (χ1) is 7.87. The minimum absolute atomic E-state index is 0.216. The summed E-state index contributed by atoms with van der Waals surface area (Å²) in [6, 6.07) is 4.80. The molecule has 0 saturated heterocycles. The first-order valence-corrected chi connectivity index (χ1v) is 6.64. The standard InChI is InChI=1S/C11H18N2O3S/c1-9-6-10(12)8-11(7-9)17(14,15)13(2)4-5-16-3/h6-8H,4-5,12H2,1-3H3. The minimum atomic E-state index is -3.48. The van der Waals surface area contributed by atoms with Crippen molar-refractivity contribution in [2.45, 2.75) is 11.8 Å². The van der Waals surface area contributed by atoms with Crippen LogP contribution in [0.4, 0.5) is 5.69 Å². The van der Waals surface area contributed by atoms with Crippen LogP contribution >= 0.6 is 0 Å². The van der Waals surface area contributed by atoms with Crippen molar-refractivity contribution in [1.29, 1.82) is 0 Å². The minimum Gasteiger partial charge on any atom is -0.399 e. The molecule has 1 aromatic carbocycles. The molecule has 6 heteroatoms. The number of aryl methyl sites for hydroxylation is 1. The van der Waals surface area contributed by atoms with Gasteiger partial charge in [-0.05, 0) is 30.7 Å². The summed E-state index contributed by atoms with van der Waals surface area (Å²) in [7, 11) is -0.429. The van der Waals surface area contributed by atoms with Crippen LogP contribution in [-0.4, -0.2) is 40.0 Å². The number of hydrogen-bond acceptors (Lipinski definition) is 4. The Morgan fingerprint density at radius 3 is 2.53 bits per heavy atom. The zero-order chi connectivity index (χ0) is 13.1. The predicted molar refractivity (Wildman–Crippen MR) is 67.3 cm³/mol. The number of rotatable bonds is 5. The number of benzene rings is 1. The molecule has 0 aliphatic carbocycles. The highest BCUT2D eigenvalue weighted by Crippen LogP contribution is 2.19. The fourth-order valence-electron chi connectivity index (χ4n) is 1.45. The lowest BCUT2D eigenvalue weighted by atomic mass is 10.2. The van der Waals surface area contributed by atoms with E-state index in [0.29, 0.717) is 18.8 Å². The second-order valence-corrected chi connectivity index (χ2v) is 5.94. The lowest BCUT2D eigenvalue weighted by Crippen LogP contribution is -2.30. The molecule has 0 radical (unpaired) electrons. The summed E-state index contributed by atoms with van der Waals surface area (Å²) in [6.07, 6.45) is 0. The Labute approximate surface area is 102 Å². The van der Waals surface area contributed by atoms with Crippen molar-refractivity contribution >= 4 is 15.7 Å². The number of methoxy groups -OCH3 is 1. The van der Waals surface area contributed by atoms with Crippen LogP contribution in [0.1, 0.15) is 5.56 Å². The number of nitrogens with two attached hydrogens (primary N) is 1. The summed E-state index contributed by atoms with van der Waals surface area (Å²) in [5.74, 6) is 0. The molecule has 0 bridgehead atoms. The van der Waals surface area contributed by atoms with E-state index in [1.54, 1.807) is 12.1 Å². The Kier molecular flexibility index (Phi) is 4.50. The van der Waals surface area contributed by atoms with Crippen molar-refractivity contribution in [1.82, 2.24) is 4.31 Å². The highest BCUT2D eigenvalue weighted by Gasteiger charge is 2.20. The first kappa shape index (κ1) is 14.0. The number of sulfonamides is 1. The molecule has 0 saturated carbocycles. The van der Waals surface area contributed by atoms with E-state index < -0.39 is 10.0 Å². The molecule has 1 rings (SSSR count). The molecule has 0 aromatic heterocycles. The molecule has 0 heterocycles. The highest BCUT2D eigenvalue weighted by molar-refractivity contribution is 7.89. The molecule has 0 unspecified atom stereocenters. The highest BCUT2D eigenvalue weighted by atomic mass is 32.2. The molecule has 0 aliphatic rings. The number of nitrogens with zero attached hydrogens (tertiary/aromatic N) is 1. The molecule has 17 heavy (non-hydrogen) atoms. The van der Waals surface area contributed by atoms with Gasteiger partial charge >= 0.3 is 0 Å². The van der Waals surface area contributed by atoms with Gasteiger partial charge in [-0.1, -0.05) is 0 Å². The summed E-state index contributed by atoms with van der Waals surface area (Å²) in [5, 5.41) is 0. The van der Waals surface area contributed by atoms with Gasteiger partial charge in [-0.25, -0.2) is 8.42 Å². The molecule has 5 nitrogen and oxygen atoms in total. The van der Waals surface area contributed by atoms with Crippen LogP contribution in [0, 0.1) is 6.92 Å². The number of likely N-dealkylation sites (N-methyl/N-ethyl adjacent to an activating group) is 1. The van der Waals surface area contributed by atoms with Crippen molar-refractivity contribution in [3.05, 3.63) is 23.8 Å². The third kappa shape index (κ3) is 3.42. The second kappa shape index (κ2) is 5.48. The largest absolute Gasteiger partial charge is 0.399 e. The zero-order valence-corrected chi connectivity index (χ0v) is 11.1. The summed E-state index contributed by atoms with van der Waals surface area (Å²) < 4.78 is 30.4. The molecule has 0 aliphatic heterocycles. The van der Waals surface area contributed by atoms with Crippen LogP contribution in [0.25, 0.3) is 0 Å². The van der Waals surface area contributed by atoms with Crippen molar-refractivity contribution in [3.63, 3.8) is 0 Å². The Bertz CT molecular complexity index is 465. The molecule has 2 N–H and O–H groups in total. The average molecular weight is 258 g/mol. The zero-order valence-electron chi connectivity index (χ0n) is 10.3. The predicted octanol–water partition coefficient (Wildman–Crippen LogP) is 0.844. The summed E-state index contributed by atoms with van der Waals surface area (Å²) in [6.45, 7) is 2.48. The van der Waals surface area contributed by atoms with Crippen LogP contribution < -0.4 is 5.73 Å². The molecule has 1 aromatic rings. The van der Waals surface area contributed by atoms with E-state index in [1.165, 1.54) is 24.5 Å². The van der Waals surface area contributed by atoms with Gasteiger partial charge < -0.3 is 10.5 Å². The van der Waals surface area contributed by atoms with E-state index in [-0.39, 0.29) is 4.90 Å². The van der Waals surface area contributed by atoms with Crippen LogP contribution in [0.15, 0.2) is 23.1 Å². The van der Waals surface area contributed by atoms with Crippen molar-refractivity contribution in [2.24, 2.45) is 0 Å². The van der Waals surface area contributed by atoms with E-state index in [2.05, 4.69) is 0 Å². The van der Waals surface area contributed by atoms with Gasteiger partial charge in [-0.15, -0.1) is 0 Å². The Balaban J connectivity index is 3.04. The summed E-state index contributed by atoms with van der Waals surface area (Å²) >= 11 is 0. The third-order valence-corrected chi connectivity index (χ3v) is 4.23. The number of hydrogen-bond donors (Lipinski definition) is 1. The maximum absolute atomic E-state index is 12.2. The first-order valence-electron chi connectivity index (χ1n) is 5.20. The number of anilines is 1. The Morgan fingerprint density at radius 2 is 2.00 bits per heavy atom. The van der Waals surface area contributed by atoms with Gasteiger partial charge in [0.25, 0.3) is 0 Å². The topological polar surface area (TPSA) is 72.6 Å². The van der Waals surface area contributed by atoms with Crippen molar-refractivity contribution in [2.75, 3.05) is 33.0 Å². The average Bonchev–Trinajstić information content (AvgIpc) is 2.24. The monoisotopic (exact) mass is 258 g/mol. The Morgan fingerprint density at radius 1 is 1.35 bits per heavy atom.